The largest absolute Gasteiger partial charge is 0.468 e. The molecule has 0 saturated heterocycles. The molecule has 0 spiro atoms. The second-order valence-corrected chi connectivity index (χ2v) is 8.47. The van der Waals surface area contributed by atoms with Crippen molar-refractivity contribution in [1.29, 1.82) is 0 Å². The Morgan fingerprint density at radius 1 is 1.10 bits per heavy atom. The molecular formula is C23H31N5OS. The lowest BCUT2D eigenvalue weighted by molar-refractivity contribution is 0.287. The molecule has 160 valence electrons. The van der Waals surface area contributed by atoms with Crippen LogP contribution in [0.15, 0.2) is 57.5 Å². The maximum absolute atomic E-state index is 5.47. The Morgan fingerprint density at radius 3 is 2.57 bits per heavy atom. The maximum atomic E-state index is 5.47. The second kappa shape index (κ2) is 10.9. The van der Waals surface area contributed by atoms with Gasteiger partial charge in [-0.3, -0.25) is 4.90 Å². The summed E-state index contributed by atoms with van der Waals surface area (Å²) in [4.78, 5) is 13.9. The molecule has 3 rings (SSSR count). The summed E-state index contributed by atoms with van der Waals surface area (Å²) in [5, 5.41) is 6.60. The molecule has 0 saturated carbocycles. The number of aryl methyl sites for hydroxylation is 1. The van der Waals surface area contributed by atoms with Crippen LogP contribution < -0.4 is 5.32 Å². The number of rotatable bonds is 9. The van der Waals surface area contributed by atoms with E-state index in [-0.39, 0.29) is 0 Å². The number of furan rings is 1. The minimum Gasteiger partial charge on any atom is -0.468 e. The van der Waals surface area contributed by atoms with E-state index in [1.165, 1.54) is 11.1 Å². The van der Waals surface area contributed by atoms with Crippen molar-refractivity contribution in [3.63, 3.8) is 0 Å². The molecule has 2 aromatic heterocycles. The number of hydrogen-bond acceptors (Lipinski definition) is 5. The van der Waals surface area contributed by atoms with Crippen molar-refractivity contribution < 1.29 is 4.42 Å². The van der Waals surface area contributed by atoms with Crippen molar-refractivity contribution in [2.45, 2.75) is 40.0 Å². The number of benzene rings is 1. The predicted molar refractivity (Wildman–Crippen MR) is 123 cm³/mol. The molecule has 1 N–H and O–H groups in total. The van der Waals surface area contributed by atoms with Crippen molar-refractivity contribution in [1.82, 2.24) is 20.1 Å². The summed E-state index contributed by atoms with van der Waals surface area (Å²) in [6.07, 6.45) is 1.72. The molecule has 6 nitrogen and oxygen atoms in total. The van der Waals surface area contributed by atoms with Gasteiger partial charge in [0.2, 0.25) is 0 Å². The van der Waals surface area contributed by atoms with Crippen LogP contribution in [-0.2, 0) is 26.2 Å². The average molecular weight is 426 g/mol. The van der Waals surface area contributed by atoms with Gasteiger partial charge in [-0.1, -0.05) is 24.3 Å². The fourth-order valence-electron chi connectivity index (χ4n) is 3.31. The fourth-order valence-corrected chi connectivity index (χ4v) is 3.91. The highest BCUT2D eigenvalue weighted by Gasteiger charge is 2.11. The van der Waals surface area contributed by atoms with Crippen LogP contribution in [0.1, 0.15) is 34.5 Å². The van der Waals surface area contributed by atoms with E-state index in [0.29, 0.717) is 6.54 Å². The van der Waals surface area contributed by atoms with Crippen molar-refractivity contribution in [3.05, 3.63) is 75.6 Å². The topological polar surface area (TPSA) is 56.9 Å². The van der Waals surface area contributed by atoms with Crippen LogP contribution in [0.5, 0.6) is 0 Å². The van der Waals surface area contributed by atoms with E-state index < -0.39 is 0 Å². The van der Waals surface area contributed by atoms with Gasteiger partial charge in [0.25, 0.3) is 0 Å². The maximum Gasteiger partial charge on any atom is 0.194 e. The summed E-state index contributed by atoms with van der Waals surface area (Å²) in [6.45, 7) is 7.95. The molecule has 0 aliphatic heterocycles. The van der Waals surface area contributed by atoms with E-state index in [1.807, 2.05) is 19.1 Å². The monoisotopic (exact) mass is 425 g/mol. The molecule has 0 radical (unpaired) electrons. The van der Waals surface area contributed by atoms with Gasteiger partial charge in [-0.2, -0.15) is 0 Å². The summed E-state index contributed by atoms with van der Waals surface area (Å²) in [5.41, 5.74) is 3.59. The summed E-state index contributed by atoms with van der Waals surface area (Å²) in [7, 11) is 4.16. The van der Waals surface area contributed by atoms with Crippen LogP contribution in [-0.4, -0.2) is 41.4 Å². The van der Waals surface area contributed by atoms with Crippen LogP contribution in [0, 0.1) is 6.92 Å². The molecule has 0 unspecified atom stereocenters. The van der Waals surface area contributed by atoms with E-state index >= 15 is 0 Å². The highest BCUT2D eigenvalue weighted by atomic mass is 32.1. The zero-order chi connectivity index (χ0) is 21.3. The molecule has 30 heavy (non-hydrogen) atoms. The predicted octanol–water partition coefficient (Wildman–Crippen LogP) is 4.27. The van der Waals surface area contributed by atoms with Crippen LogP contribution >= 0.6 is 11.3 Å². The molecule has 2 heterocycles. The van der Waals surface area contributed by atoms with Gasteiger partial charge in [0.15, 0.2) is 5.96 Å². The Hall–Kier alpha value is -2.64. The first-order valence-electron chi connectivity index (χ1n) is 10.2. The van der Waals surface area contributed by atoms with E-state index in [9.17, 15) is 0 Å². The number of aromatic nitrogens is 1. The molecule has 3 aromatic rings. The lowest BCUT2D eigenvalue weighted by Gasteiger charge is -2.22. The van der Waals surface area contributed by atoms with Crippen molar-refractivity contribution in [3.8, 4) is 0 Å². The SMILES string of the molecule is CCNC(=NCc1ccccc1CN(C)Cc1ccco1)N(C)Cc1csc(C)n1. The van der Waals surface area contributed by atoms with E-state index in [4.69, 9.17) is 9.41 Å². The second-order valence-electron chi connectivity index (χ2n) is 7.40. The Bertz CT molecular complexity index is 935. The third-order valence-electron chi connectivity index (χ3n) is 4.73. The zero-order valence-electron chi connectivity index (χ0n) is 18.3. The summed E-state index contributed by atoms with van der Waals surface area (Å²) in [6, 6.07) is 12.4. The molecular weight excluding hydrogens is 394 g/mol. The minimum atomic E-state index is 0.632. The first-order valence-corrected chi connectivity index (χ1v) is 11.1. The zero-order valence-corrected chi connectivity index (χ0v) is 19.1. The summed E-state index contributed by atoms with van der Waals surface area (Å²) >= 11 is 1.68. The van der Waals surface area contributed by atoms with Crippen LogP contribution in [0.4, 0.5) is 0 Å². The average Bonchev–Trinajstić information content (AvgIpc) is 3.37. The quantitative estimate of drug-likeness (QED) is 0.410. The van der Waals surface area contributed by atoms with Gasteiger partial charge in [-0.15, -0.1) is 11.3 Å². The normalized spacial score (nSPS) is 11.8. The number of nitrogens with one attached hydrogen (secondary N) is 1. The van der Waals surface area contributed by atoms with E-state index in [1.54, 1.807) is 17.6 Å². The molecule has 0 aliphatic rings. The van der Waals surface area contributed by atoms with E-state index in [2.05, 4.69) is 70.8 Å². The van der Waals surface area contributed by atoms with Crippen LogP contribution in [0.3, 0.4) is 0 Å². The Balaban J connectivity index is 1.67. The van der Waals surface area contributed by atoms with Gasteiger partial charge in [-0.05, 0) is 44.2 Å². The highest BCUT2D eigenvalue weighted by molar-refractivity contribution is 7.09. The molecule has 0 atom stereocenters. The number of guanidine groups is 1. The third-order valence-corrected chi connectivity index (χ3v) is 5.55. The smallest absolute Gasteiger partial charge is 0.194 e. The van der Waals surface area contributed by atoms with Crippen LogP contribution in [0.25, 0.3) is 0 Å². The van der Waals surface area contributed by atoms with Gasteiger partial charge in [0, 0.05) is 25.5 Å². The standard InChI is InChI=1S/C23H31N5OS/c1-5-24-23(28(4)15-21-17-30-18(2)26-21)25-13-19-9-6-7-10-20(19)14-27(3)16-22-11-8-12-29-22/h6-12,17H,5,13-16H2,1-4H3,(H,24,25). The summed E-state index contributed by atoms with van der Waals surface area (Å²) < 4.78 is 5.47. The lowest BCUT2D eigenvalue weighted by Crippen LogP contribution is -2.38. The van der Waals surface area contributed by atoms with Crippen LogP contribution in [0.2, 0.25) is 0 Å². The van der Waals surface area contributed by atoms with Gasteiger partial charge < -0.3 is 14.6 Å². The number of thiazole rings is 1. The fraction of sp³-hybridized carbons (Fsp3) is 0.391. The first-order chi connectivity index (χ1) is 14.5. The Morgan fingerprint density at radius 2 is 1.90 bits per heavy atom. The summed E-state index contributed by atoms with van der Waals surface area (Å²) in [5.74, 6) is 1.86. The molecule has 0 bridgehead atoms. The Labute approximate surface area is 183 Å². The van der Waals surface area contributed by atoms with Gasteiger partial charge >= 0.3 is 0 Å². The van der Waals surface area contributed by atoms with E-state index in [0.717, 1.165) is 48.6 Å². The number of aliphatic imine (C=N–C) groups is 1. The van der Waals surface area contributed by atoms with Crippen molar-refractivity contribution in [2.24, 2.45) is 4.99 Å². The molecule has 0 aliphatic carbocycles. The Kier molecular flexibility index (Phi) is 8.04. The number of hydrogen-bond donors (Lipinski definition) is 1. The number of nitrogens with zero attached hydrogens (tertiary/aromatic N) is 4. The van der Waals surface area contributed by atoms with Crippen molar-refractivity contribution >= 4 is 17.3 Å². The van der Waals surface area contributed by atoms with Gasteiger partial charge in [0.05, 0.1) is 36.6 Å². The minimum absolute atomic E-state index is 0.632. The van der Waals surface area contributed by atoms with Crippen molar-refractivity contribution in [2.75, 3.05) is 20.6 Å². The molecule has 7 heteroatoms. The van der Waals surface area contributed by atoms with Gasteiger partial charge in [-0.25, -0.2) is 9.98 Å². The van der Waals surface area contributed by atoms with Gasteiger partial charge in [0.1, 0.15) is 5.76 Å². The molecule has 0 amide bonds. The first kappa shape index (κ1) is 22.1. The highest BCUT2D eigenvalue weighted by Crippen LogP contribution is 2.15. The lowest BCUT2D eigenvalue weighted by atomic mass is 10.1. The third kappa shape index (κ3) is 6.43. The molecule has 0 fully saturated rings. The molecule has 1 aromatic carbocycles.